The molecule has 0 fully saturated rings. The quantitative estimate of drug-likeness (QED) is 0.644. The van der Waals surface area contributed by atoms with E-state index in [1.165, 1.54) is 18.7 Å². The van der Waals surface area contributed by atoms with Crippen molar-refractivity contribution in [3.8, 4) is 5.75 Å². The third kappa shape index (κ3) is 4.76. The van der Waals surface area contributed by atoms with Crippen LogP contribution in [0.2, 0.25) is 0 Å². The minimum Gasteiger partial charge on any atom is -0.497 e. The number of thioether (sulfide) groups is 1. The van der Waals surface area contributed by atoms with Gasteiger partial charge in [0.1, 0.15) is 11.8 Å². The Hall–Kier alpha value is -2.47. The van der Waals surface area contributed by atoms with Crippen molar-refractivity contribution in [3.05, 3.63) is 59.7 Å². The number of anilines is 1. The standard InChI is InChI=1S/C18H21N3O2S/c1-12(22)20-15-6-4-5-14(11-15)17(21-18(19)24-3)13-7-9-16(23-2)10-8-13/h4-11,17H,1-3H3,(H2,19,21)(H,20,22). The lowest BCUT2D eigenvalue weighted by molar-refractivity contribution is -0.114. The highest BCUT2D eigenvalue weighted by molar-refractivity contribution is 8.13. The fourth-order valence-corrected chi connectivity index (χ4v) is 2.51. The molecule has 126 valence electrons. The van der Waals surface area contributed by atoms with E-state index in [4.69, 9.17) is 10.5 Å². The Balaban J connectivity index is 2.44. The zero-order chi connectivity index (χ0) is 17.5. The summed E-state index contributed by atoms with van der Waals surface area (Å²) in [6.07, 6.45) is 1.89. The Bertz CT molecular complexity index is 729. The molecule has 0 bridgehead atoms. The summed E-state index contributed by atoms with van der Waals surface area (Å²) >= 11 is 1.40. The lowest BCUT2D eigenvalue weighted by Gasteiger charge is -2.16. The molecule has 0 heterocycles. The zero-order valence-electron chi connectivity index (χ0n) is 13.9. The number of hydrogen-bond donors (Lipinski definition) is 2. The van der Waals surface area contributed by atoms with Crippen molar-refractivity contribution in [2.45, 2.75) is 13.0 Å². The van der Waals surface area contributed by atoms with E-state index < -0.39 is 0 Å². The van der Waals surface area contributed by atoms with Crippen molar-refractivity contribution < 1.29 is 9.53 Å². The molecule has 5 nitrogen and oxygen atoms in total. The average molecular weight is 343 g/mol. The Morgan fingerprint density at radius 1 is 1.21 bits per heavy atom. The number of aliphatic imine (C=N–C) groups is 1. The van der Waals surface area contributed by atoms with Gasteiger partial charge in [-0.2, -0.15) is 0 Å². The maximum atomic E-state index is 11.3. The predicted octanol–water partition coefficient (Wildman–Crippen LogP) is 3.42. The zero-order valence-corrected chi connectivity index (χ0v) is 14.8. The van der Waals surface area contributed by atoms with Crippen molar-refractivity contribution in [3.63, 3.8) is 0 Å². The minimum atomic E-state index is -0.253. The second-order valence-electron chi connectivity index (χ2n) is 5.15. The van der Waals surface area contributed by atoms with Crippen molar-refractivity contribution >= 4 is 28.5 Å². The molecule has 0 saturated heterocycles. The summed E-state index contributed by atoms with van der Waals surface area (Å²) in [5, 5.41) is 3.29. The van der Waals surface area contributed by atoms with Gasteiger partial charge in [-0.25, -0.2) is 4.99 Å². The number of methoxy groups -OCH3 is 1. The normalized spacial score (nSPS) is 12.5. The van der Waals surface area contributed by atoms with Gasteiger partial charge in [-0.15, -0.1) is 0 Å². The first-order chi connectivity index (χ1) is 11.5. The van der Waals surface area contributed by atoms with Crippen LogP contribution in [0.5, 0.6) is 5.75 Å². The maximum Gasteiger partial charge on any atom is 0.221 e. The topological polar surface area (TPSA) is 76.7 Å². The van der Waals surface area contributed by atoms with E-state index in [1.54, 1.807) is 7.11 Å². The van der Waals surface area contributed by atoms with Crippen LogP contribution in [0.4, 0.5) is 5.69 Å². The van der Waals surface area contributed by atoms with Crippen LogP contribution in [0, 0.1) is 0 Å². The summed E-state index contributed by atoms with van der Waals surface area (Å²) in [6, 6.07) is 15.1. The van der Waals surface area contributed by atoms with Crippen LogP contribution in [-0.4, -0.2) is 24.4 Å². The summed E-state index contributed by atoms with van der Waals surface area (Å²) < 4.78 is 5.21. The summed E-state index contributed by atoms with van der Waals surface area (Å²) in [7, 11) is 1.63. The molecule has 0 aromatic heterocycles. The van der Waals surface area contributed by atoms with Gasteiger partial charge in [-0.05, 0) is 41.6 Å². The molecule has 1 amide bonds. The molecular weight excluding hydrogens is 322 g/mol. The molecule has 1 atom stereocenters. The van der Waals surface area contributed by atoms with E-state index in [-0.39, 0.29) is 11.9 Å². The van der Waals surface area contributed by atoms with Gasteiger partial charge in [0.2, 0.25) is 5.91 Å². The van der Waals surface area contributed by atoms with Crippen molar-refractivity contribution in [1.82, 2.24) is 0 Å². The smallest absolute Gasteiger partial charge is 0.221 e. The first-order valence-corrected chi connectivity index (χ1v) is 8.64. The van der Waals surface area contributed by atoms with Crippen LogP contribution in [0.25, 0.3) is 0 Å². The molecule has 6 heteroatoms. The van der Waals surface area contributed by atoms with Crippen molar-refractivity contribution in [2.24, 2.45) is 10.7 Å². The third-order valence-electron chi connectivity index (χ3n) is 3.42. The highest BCUT2D eigenvalue weighted by Gasteiger charge is 2.15. The molecule has 3 N–H and O–H groups in total. The van der Waals surface area contributed by atoms with E-state index in [0.717, 1.165) is 22.6 Å². The molecule has 2 aromatic rings. The maximum absolute atomic E-state index is 11.3. The van der Waals surface area contributed by atoms with Gasteiger partial charge in [0.15, 0.2) is 5.17 Å². The first-order valence-electron chi connectivity index (χ1n) is 7.42. The van der Waals surface area contributed by atoms with Gasteiger partial charge >= 0.3 is 0 Å². The lowest BCUT2D eigenvalue weighted by Crippen LogP contribution is -2.11. The molecule has 0 aliphatic carbocycles. The second-order valence-corrected chi connectivity index (χ2v) is 5.98. The molecule has 0 aliphatic rings. The third-order valence-corrected chi connectivity index (χ3v) is 3.94. The molecular formula is C18H21N3O2S. The van der Waals surface area contributed by atoms with Gasteiger partial charge in [-0.3, -0.25) is 4.79 Å². The number of rotatable bonds is 5. The fraction of sp³-hybridized carbons (Fsp3) is 0.222. The molecule has 24 heavy (non-hydrogen) atoms. The van der Waals surface area contributed by atoms with Gasteiger partial charge in [0, 0.05) is 12.6 Å². The van der Waals surface area contributed by atoms with Crippen LogP contribution < -0.4 is 15.8 Å². The van der Waals surface area contributed by atoms with Gasteiger partial charge in [0.05, 0.1) is 7.11 Å². The van der Waals surface area contributed by atoms with Gasteiger partial charge in [-0.1, -0.05) is 36.0 Å². The van der Waals surface area contributed by atoms with Crippen LogP contribution in [0.15, 0.2) is 53.5 Å². The molecule has 0 spiro atoms. The number of nitrogens with two attached hydrogens (primary N) is 1. The predicted molar refractivity (Wildman–Crippen MR) is 101 cm³/mol. The molecule has 0 aliphatic heterocycles. The molecule has 0 radical (unpaired) electrons. The SMILES string of the molecule is COc1ccc(C(/N=C(/N)SC)c2cccc(NC(C)=O)c2)cc1. The van der Waals surface area contributed by atoms with E-state index in [2.05, 4.69) is 10.3 Å². The highest BCUT2D eigenvalue weighted by atomic mass is 32.2. The van der Waals surface area contributed by atoms with E-state index >= 15 is 0 Å². The largest absolute Gasteiger partial charge is 0.497 e. The molecule has 1 unspecified atom stereocenters. The second kappa shape index (κ2) is 8.40. The van der Waals surface area contributed by atoms with E-state index in [0.29, 0.717) is 5.17 Å². The number of hydrogen-bond acceptors (Lipinski definition) is 4. The number of amidine groups is 1. The van der Waals surface area contributed by atoms with Crippen LogP contribution in [0.3, 0.4) is 0 Å². The number of benzene rings is 2. The number of carbonyl (C=O) groups is 1. The molecule has 2 aromatic carbocycles. The van der Waals surface area contributed by atoms with Crippen molar-refractivity contribution in [1.29, 1.82) is 0 Å². The number of nitrogens with one attached hydrogen (secondary N) is 1. The Labute approximate surface area is 146 Å². The van der Waals surface area contributed by atoms with Crippen LogP contribution >= 0.6 is 11.8 Å². The summed E-state index contributed by atoms with van der Waals surface area (Å²) in [5.41, 5.74) is 8.62. The van der Waals surface area contributed by atoms with Crippen LogP contribution in [-0.2, 0) is 4.79 Å². The lowest BCUT2D eigenvalue weighted by atomic mass is 9.98. The first kappa shape index (κ1) is 17.9. The summed E-state index contributed by atoms with van der Waals surface area (Å²) in [4.78, 5) is 15.9. The fourth-order valence-electron chi connectivity index (χ4n) is 2.30. The highest BCUT2D eigenvalue weighted by Crippen LogP contribution is 2.29. The number of carbonyl (C=O) groups excluding carboxylic acids is 1. The summed E-state index contributed by atoms with van der Waals surface area (Å²) in [5.74, 6) is 0.673. The number of nitrogens with zero attached hydrogens (tertiary/aromatic N) is 1. The molecule has 0 saturated carbocycles. The Morgan fingerprint density at radius 3 is 2.50 bits per heavy atom. The molecule has 2 rings (SSSR count). The van der Waals surface area contributed by atoms with E-state index in [1.807, 2.05) is 54.8 Å². The monoisotopic (exact) mass is 343 g/mol. The summed E-state index contributed by atoms with van der Waals surface area (Å²) in [6.45, 7) is 1.48. The van der Waals surface area contributed by atoms with Crippen LogP contribution in [0.1, 0.15) is 24.1 Å². The minimum absolute atomic E-state index is 0.111. The van der Waals surface area contributed by atoms with E-state index in [9.17, 15) is 4.79 Å². The number of amides is 1. The Kier molecular flexibility index (Phi) is 6.26. The van der Waals surface area contributed by atoms with Gasteiger partial charge < -0.3 is 15.8 Å². The van der Waals surface area contributed by atoms with Crippen molar-refractivity contribution in [2.75, 3.05) is 18.7 Å². The number of ether oxygens (including phenoxy) is 1. The van der Waals surface area contributed by atoms with Gasteiger partial charge in [0.25, 0.3) is 0 Å². The Morgan fingerprint density at radius 2 is 1.92 bits per heavy atom. The average Bonchev–Trinajstić information content (AvgIpc) is 2.59.